The zero-order valence-electron chi connectivity index (χ0n) is 9.24. The van der Waals surface area contributed by atoms with Gasteiger partial charge in [-0.3, -0.25) is 4.79 Å². The normalized spacial score (nSPS) is 10.1. The molecule has 15 heavy (non-hydrogen) atoms. The van der Waals surface area contributed by atoms with Gasteiger partial charge in [0.15, 0.2) is 0 Å². The van der Waals surface area contributed by atoms with Crippen molar-refractivity contribution < 1.29 is 9.59 Å². The van der Waals surface area contributed by atoms with Gasteiger partial charge in [-0.2, -0.15) is 0 Å². The molecule has 1 rings (SSSR count). The number of carbonyl (C=O) groups excluding carboxylic acids is 2. The van der Waals surface area contributed by atoms with Crippen molar-refractivity contribution >= 4 is 28.0 Å². The van der Waals surface area contributed by atoms with Crippen LogP contribution in [0.25, 0.3) is 0 Å². The van der Waals surface area contributed by atoms with Crippen LogP contribution in [0.4, 0.5) is 5.00 Å². The number of thiophene rings is 1. The first kappa shape index (κ1) is 11.9. The fourth-order valence-electron chi connectivity index (χ4n) is 1.27. The summed E-state index contributed by atoms with van der Waals surface area (Å²) in [5.41, 5.74) is 1.10. The van der Waals surface area contributed by atoms with Crippen molar-refractivity contribution in [3.63, 3.8) is 0 Å². The van der Waals surface area contributed by atoms with Crippen molar-refractivity contribution in [1.29, 1.82) is 0 Å². The second kappa shape index (κ2) is 5.07. The van der Waals surface area contributed by atoms with Gasteiger partial charge in [-0.05, 0) is 30.9 Å². The van der Waals surface area contributed by atoms with E-state index in [2.05, 4.69) is 0 Å². The van der Waals surface area contributed by atoms with Crippen LogP contribution in [0, 0.1) is 6.92 Å². The van der Waals surface area contributed by atoms with Gasteiger partial charge in [0, 0.05) is 19.9 Å². The molecule has 82 valence electrons. The van der Waals surface area contributed by atoms with E-state index in [9.17, 15) is 9.59 Å². The average molecular weight is 225 g/mol. The van der Waals surface area contributed by atoms with E-state index in [4.69, 9.17) is 0 Å². The van der Waals surface area contributed by atoms with E-state index in [1.165, 1.54) is 6.92 Å². The van der Waals surface area contributed by atoms with E-state index in [1.807, 2.05) is 18.4 Å². The molecule has 0 spiro atoms. The summed E-state index contributed by atoms with van der Waals surface area (Å²) in [6, 6.07) is 1.98. The number of Topliss-reactive ketones (excluding diaryl/α,β-unsaturated/α-hetero) is 1. The Hall–Kier alpha value is -1.16. The van der Waals surface area contributed by atoms with Gasteiger partial charge in [-0.25, -0.2) is 0 Å². The minimum absolute atomic E-state index is 0.00394. The Kier molecular flexibility index (Phi) is 4.03. The Morgan fingerprint density at radius 2 is 2.07 bits per heavy atom. The van der Waals surface area contributed by atoms with Crippen molar-refractivity contribution in [1.82, 2.24) is 0 Å². The first-order chi connectivity index (χ1) is 7.02. The van der Waals surface area contributed by atoms with Crippen LogP contribution in [0.3, 0.4) is 0 Å². The van der Waals surface area contributed by atoms with Crippen molar-refractivity contribution in [2.45, 2.75) is 26.7 Å². The van der Waals surface area contributed by atoms with Crippen molar-refractivity contribution in [3.8, 4) is 0 Å². The monoisotopic (exact) mass is 225 g/mol. The van der Waals surface area contributed by atoms with Crippen LogP contribution in [0.5, 0.6) is 0 Å². The van der Waals surface area contributed by atoms with Gasteiger partial charge in [-0.1, -0.05) is 0 Å². The highest BCUT2D eigenvalue weighted by Crippen LogP contribution is 2.26. The zero-order chi connectivity index (χ0) is 11.4. The molecule has 0 N–H and O–H groups in total. The molecule has 0 atom stereocenters. The molecule has 3 nitrogen and oxygen atoms in total. The summed E-state index contributed by atoms with van der Waals surface area (Å²) in [6.07, 6.45) is 0.622. The van der Waals surface area contributed by atoms with Gasteiger partial charge in [0.05, 0.1) is 0 Å². The minimum Gasteiger partial charge on any atom is -0.307 e. The molecule has 0 aromatic carbocycles. The number of nitrogens with zero attached hydrogens (tertiary/aromatic N) is 1. The van der Waals surface area contributed by atoms with Crippen LogP contribution in [0.2, 0.25) is 0 Å². The largest absolute Gasteiger partial charge is 0.307 e. The van der Waals surface area contributed by atoms with Gasteiger partial charge in [-0.15, -0.1) is 11.3 Å². The fraction of sp³-hybridized carbons (Fsp3) is 0.455. The topological polar surface area (TPSA) is 37.4 Å². The number of hydrogen-bond acceptors (Lipinski definition) is 3. The maximum absolute atomic E-state index is 11.7. The van der Waals surface area contributed by atoms with Crippen LogP contribution in [0.1, 0.15) is 25.3 Å². The van der Waals surface area contributed by atoms with Gasteiger partial charge in [0.1, 0.15) is 10.8 Å². The Labute approximate surface area is 93.7 Å². The highest BCUT2D eigenvalue weighted by atomic mass is 32.1. The molecule has 1 heterocycles. The number of aryl methyl sites for hydroxylation is 1. The third kappa shape index (κ3) is 3.16. The fourth-order valence-corrected chi connectivity index (χ4v) is 2.19. The first-order valence-electron chi connectivity index (χ1n) is 4.82. The lowest BCUT2D eigenvalue weighted by molar-refractivity contribution is -0.122. The van der Waals surface area contributed by atoms with E-state index in [0.717, 1.165) is 10.6 Å². The van der Waals surface area contributed by atoms with E-state index < -0.39 is 0 Å². The highest BCUT2D eigenvalue weighted by molar-refractivity contribution is 7.14. The third-order valence-electron chi connectivity index (χ3n) is 2.20. The summed E-state index contributed by atoms with van der Waals surface area (Å²) in [7, 11) is 1.75. The number of hydrogen-bond donors (Lipinski definition) is 0. The summed E-state index contributed by atoms with van der Waals surface area (Å²) >= 11 is 1.54. The Balaban J connectivity index is 2.61. The number of rotatable bonds is 4. The summed E-state index contributed by atoms with van der Waals surface area (Å²) in [4.78, 5) is 24.1. The molecule has 1 aromatic heterocycles. The number of amides is 1. The van der Waals surface area contributed by atoms with E-state index >= 15 is 0 Å². The van der Waals surface area contributed by atoms with Gasteiger partial charge in [0.25, 0.3) is 0 Å². The molecule has 1 amide bonds. The number of ketones is 1. The smallest absolute Gasteiger partial charge is 0.227 e. The number of anilines is 1. The predicted molar refractivity (Wildman–Crippen MR) is 62.4 cm³/mol. The van der Waals surface area contributed by atoms with E-state index in [0.29, 0.717) is 12.8 Å². The standard InChI is InChI=1S/C11H15NO2S/c1-8-6-7-15-11(8)12(3)10(14)5-4-9(2)13/h6-7H,4-5H2,1-3H3. The molecular weight excluding hydrogens is 210 g/mol. The Morgan fingerprint density at radius 3 is 2.53 bits per heavy atom. The van der Waals surface area contributed by atoms with Crippen LogP contribution in [-0.4, -0.2) is 18.7 Å². The Morgan fingerprint density at radius 1 is 1.40 bits per heavy atom. The molecule has 0 unspecified atom stereocenters. The van der Waals surface area contributed by atoms with Crippen LogP contribution < -0.4 is 4.90 Å². The third-order valence-corrected chi connectivity index (χ3v) is 3.30. The summed E-state index contributed by atoms with van der Waals surface area (Å²) in [5.74, 6) is 0.0513. The molecule has 0 radical (unpaired) electrons. The SMILES string of the molecule is CC(=O)CCC(=O)N(C)c1sccc1C. The molecule has 0 fully saturated rings. The second-order valence-electron chi connectivity index (χ2n) is 3.56. The quantitative estimate of drug-likeness (QED) is 0.789. The lowest BCUT2D eigenvalue weighted by Gasteiger charge is -2.15. The van der Waals surface area contributed by atoms with Crippen molar-refractivity contribution in [2.75, 3.05) is 11.9 Å². The van der Waals surface area contributed by atoms with Gasteiger partial charge >= 0.3 is 0 Å². The zero-order valence-corrected chi connectivity index (χ0v) is 10.1. The number of carbonyl (C=O) groups is 2. The maximum atomic E-state index is 11.7. The summed E-state index contributed by atoms with van der Waals surface area (Å²) in [5, 5.41) is 2.92. The van der Waals surface area contributed by atoms with E-state index in [-0.39, 0.29) is 11.7 Å². The molecule has 0 bridgehead atoms. The van der Waals surface area contributed by atoms with Crippen LogP contribution >= 0.6 is 11.3 Å². The molecule has 0 saturated carbocycles. The van der Waals surface area contributed by atoms with Gasteiger partial charge < -0.3 is 9.69 Å². The molecular formula is C11H15NO2S. The Bertz CT molecular complexity index is 370. The van der Waals surface area contributed by atoms with Crippen molar-refractivity contribution in [3.05, 3.63) is 17.0 Å². The predicted octanol–water partition coefficient (Wildman–Crippen LogP) is 2.39. The second-order valence-corrected chi connectivity index (χ2v) is 4.46. The maximum Gasteiger partial charge on any atom is 0.227 e. The molecule has 0 aliphatic rings. The molecule has 0 aliphatic heterocycles. The molecule has 0 saturated heterocycles. The van der Waals surface area contributed by atoms with Crippen LogP contribution in [0.15, 0.2) is 11.4 Å². The van der Waals surface area contributed by atoms with Gasteiger partial charge in [0.2, 0.25) is 5.91 Å². The average Bonchev–Trinajstić information content (AvgIpc) is 2.59. The highest BCUT2D eigenvalue weighted by Gasteiger charge is 2.14. The lowest BCUT2D eigenvalue weighted by Crippen LogP contribution is -2.26. The van der Waals surface area contributed by atoms with E-state index in [1.54, 1.807) is 23.3 Å². The van der Waals surface area contributed by atoms with Crippen molar-refractivity contribution in [2.24, 2.45) is 0 Å². The molecule has 4 heteroatoms. The lowest BCUT2D eigenvalue weighted by atomic mass is 10.2. The molecule has 0 aliphatic carbocycles. The summed E-state index contributed by atoms with van der Waals surface area (Å²) in [6.45, 7) is 3.48. The van der Waals surface area contributed by atoms with Crippen LogP contribution in [-0.2, 0) is 9.59 Å². The minimum atomic E-state index is -0.00394. The first-order valence-corrected chi connectivity index (χ1v) is 5.70. The summed E-state index contributed by atoms with van der Waals surface area (Å²) < 4.78 is 0. The molecule has 1 aromatic rings.